The van der Waals surface area contributed by atoms with E-state index in [1.54, 1.807) is 0 Å². The van der Waals surface area contributed by atoms with Gasteiger partial charge in [-0.3, -0.25) is 19.1 Å². The molecule has 160 valence electrons. The van der Waals surface area contributed by atoms with E-state index in [1.807, 2.05) is 37.3 Å². The first-order valence-corrected chi connectivity index (χ1v) is 10.9. The third-order valence-electron chi connectivity index (χ3n) is 6.74. The summed E-state index contributed by atoms with van der Waals surface area (Å²) in [6.45, 7) is 2.59. The van der Waals surface area contributed by atoms with Crippen LogP contribution in [0.1, 0.15) is 51.0 Å². The van der Waals surface area contributed by atoms with Gasteiger partial charge < -0.3 is 10.6 Å². The van der Waals surface area contributed by atoms with Crippen LogP contribution in [0, 0.1) is 17.8 Å². The van der Waals surface area contributed by atoms with Crippen molar-refractivity contribution < 1.29 is 4.79 Å². The highest BCUT2D eigenvalue weighted by molar-refractivity contribution is 5.95. The zero-order valence-electron chi connectivity index (χ0n) is 17.5. The van der Waals surface area contributed by atoms with E-state index in [0.29, 0.717) is 31.2 Å². The van der Waals surface area contributed by atoms with Crippen LogP contribution in [-0.4, -0.2) is 22.0 Å². The number of nitrogens with one attached hydrogen (secondary N) is 1. The smallest absolute Gasteiger partial charge is 0.330 e. The van der Waals surface area contributed by atoms with Gasteiger partial charge >= 0.3 is 5.69 Å². The Bertz CT molecular complexity index is 1030. The van der Waals surface area contributed by atoms with Gasteiger partial charge in [0.15, 0.2) is 5.69 Å². The molecule has 1 aromatic carbocycles. The van der Waals surface area contributed by atoms with E-state index >= 15 is 0 Å². The molecular formula is C23H30N4O3. The Morgan fingerprint density at radius 1 is 1.20 bits per heavy atom. The third kappa shape index (κ3) is 3.93. The predicted octanol–water partition coefficient (Wildman–Crippen LogP) is 2.74. The number of fused-ring (bicyclic) bond motifs is 2. The molecule has 0 spiro atoms. The van der Waals surface area contributed by atoms with E-state index in [1.165, 1.54) is 28.7 Å². The number of aromatic amines is 1. The minimum Gasteiger partial charge on any atom is -0.383 e. The van der Waals surface area contributed by atoms with Crippen molar-refractivity contribution in [3.05, 3.63) is 56.7 Å². The number of carbonyl (C=O) groups excluding carboxylic acids is 1. The van der Waals surface area contributed by atoms with Gasteiger partial charge in [0, 0.05) is 13.0 Å². The number of benzene rings is 1. The standard InChI is InChI=1S/C23H30N4O3/c1-2-10-26(19(28)13-18-12-16-8-9-17(18)11-16)20-21(24)27(23(30)25-22(20)29)14-15-6-4-3-5-7-15/h3-7,16-18H,2,8-14,24H2,1H3,(H,25,29,30)/t16-,17-,18-/m0/s1. The SMILES string of the molecule is CCCN(C(=O)C[C@@H]1C[C@H]2CC[C@H]1C2)c1c(N)n(Cc2ccccc2)c(=O)[nH]c1=O. The lowest BCUT2D eigenvalue weighted by atomic mass is 9.86. The predicted molar refractivity (Wildman–Crippen MR) is 117 cm³/mol. The second kappa shape index (κ2) is 8.50. The summed E-state index contributed by atoms with van der Waals surface area (Å²) in [6.07, 6.45) is 5.97. The molecule has 2 fully saturated rings. The Hall–Kier alpha value is -2.83. The summed E-state index contributed by atoms with van der Waals surface area (Å²) in [4.78, 5) is 42.3. The molecule has 0 saturated heterocycles. The summed E-state index contributed by atoms with van der Waals surface area (Å²) in [5, 5.41) is 0. The maximum Gasteiger partial charge on any atom is 0.330 e. The number of nitrogen functional groups attached to an aromatic ring is 1. The van der Waals surface area contributed by atoms with Crippen molar-refractivity contribution >= 4 is 17.4 Å². The maximum absolute atomic E-state index is 13.3. The van der Waals surface area contributed by atoms with Crippen molar-refractivity contribution in [2.45, 2.75) is 52.0 Å². The van der Waals surface area contributed by atoms with Crippen LogP contribution in [0.4, 0.5) is 11.5 Å². The highest BCUT2D eigenvalue weighted by Crippen LogP contribution is 2.49. The lowest BCUT2D eigenvalue weighted by Crippen LogP contribution is -2.42. The molecule has 7 heteroatoms. The lowest BCUT2D eigenvalue weighted by molar-refractivity contribution is -0.119. The molecule has 2 aliphatic carbocycles. The molecule has 3 atom stereocenters. The number of nitrogens with two attached hydrogens (primary N) is 1. The molecular weight excluding hydrogens is 380 g/mol. The first-order chi connectivity index (χ1) is 14.5. The van der Waals surface area contributed by atoms with Crippen molar-refractivity contribution in [1.82, 2.24) is 9.55 Å². The van der Waals surface area contributed by atoms with Gasteiger partial charge in [-0.1, -0.05) is 43.7 Å². The molecule has 2 saturated carbocycles. The highest BCUT2D eigenvalue weighted by atomic mass is 16.2. The molecule has 0 radical (unpaired) electrons. The zero-order chi connectivity index (χ0) is 21.3. The number of carbonyl (C=O) groups is 1. The molecule has 1 aromatic heterocycles. The van der Waals surface area contributed by atoms with Gasteiger partial charge in [0.2, 0.25) is 5.91 Å². The van der Waals surface area contributed by atoms with E-state index in [0.717, 1.165) is 17.9 Å². The quantitative estimate of drug-likeness (QED) is 0.733. The van der Waals surface area contributed by atoms with E-state index in [2.05, 4.69) is 4.98 Å². The van der Waals surface area contributed by atoms with Crippen molar-refractivity contribution in [3.63, 3.8) is 0 Å². The topological polar surface area (TPSA) is 101 Å². The number of nitrogens with zero attached hydrogens (tertiary/aromatic N) is 2. The Kier molecular flexibility index (Phi) is 5.79. The van der Waals surface area contributed by atoms with Gasteiger partial charge in [-0.05, 0) is 49.0 Å². The highest BCUT2D eigenvalue weighted by Gasteiger charge is 2.41. The molecule has 2 aliphatic rings. The van der Waals surface area contributed by atoms with Crippen LogP contribution >= 0.6 is 0 Å². The number of amides is 1. The van der Waals surface area contributed by atoms with Crippen LogP contribution < -0.4 is 21.9 Å². The molecule has 0 aliphatic heterocycles. The Morgan fingerprint density at radius 3 is 2.60 bits per heavy atom. The zero-order valence-corrected chi connectivity index (χ0v) is 17.5. The minimum atomic E-state index is -0.600. The number of hydrogen-bond donors (Lipinski definition) is 2. The monoisotopic (exact) mass is 410 g/mol. The van der Waals surface area contributed by atoms with Gasteiger partial charge in [0.25, 0.3) is 5.56 Å². The van der Waals surface area contributed by atoms with Gasteiger partial charge in [0.05, 0.1) is 6.54 Å². The van der Waals surface area contributed by atoms with Crippen LogP contribution in [0.15, 0.2) is 39.9 Å². The lowest BCUT2D eigenvalue weighted by Gasteiger charge is -2.27. The van der Waals surface area contributed by atoms with Crippen LogP contribution in [-0.2, 0) is 11.3 Å². The van der Waals surface area contributed by atoms with Gasteiger partial charge in [-0.15, -0.1) is 0 Å². The molecule has 3 N–H and O–H groups in total. The van der Waals surface area contributed by atoms with Gasteiger partial charge in [-0.25, -0.2) is 4.79 Å². The average molecular weight is 411 g/mol. The van der Waals surface area contributed by atoms with Gasteiger partial charge in [-0.2, -0.15) is 0 Å². The van der Waals surface area contributed by atoms with Crippen LogP contribution in [0.3, 0.4) is 0 Å². The van der Waals surface area contributed by atoms with Crippen molar-refractivity contribution in [3.8, 4) is 0 Å². The largest absolute Gasteiger partial charge is 0.383 e. The van der Waals surface area contributed by atoms with Crippen molar-refractivity contribution in [1.29, 1.82) is 0 Å². The van der Waals surface area contributed by atoms with E-state index in [4.69, 9.17) is 5.73 Å². The summed E-state index contributed by atoms with van der Waals surface area (Å²) in [5.41, 5.74) is 6.14. The molecule has 1 heterocycles. The molecule has 4 rings (SSSR count). The summed E-state index contributed by atoms with van der Waals surface area (Å²) in [5.74, 6) is 1.75. The Morgan fingerprint density at radius 2 is 1.97 bits per heavy atom. The Balaban J connectivity index is 1.65. The minimum absolute atomic E-state index is 0.0438. The first kappa shape index (κ1) is 20.4. The number of rotatable bonds is 7. The number of aromatic nitrogens is 2. The Labute approximate surface area is 175 Å². The van der Waals surface area contributed by atoms with Crippen molar-refractivity contribution in [2.75, 3.05) is 17.2 Å². The van der Waals surface area contributed by atoms with E-state index in [9.17, 15) is 14.4 Å². The number of hydrogen-bond acceptors (Lipinski definition) is 4. The second-order valence-corrected chi connectivity index (χ2v) is 8.75. The average Bonchev–Trinajstić information content (AvgIpc) is 3.34. The van der Waals surface area contributed by atoms with Crippen LogP contribution in [0.25, 0.3) is 0 Å². The number of H-pyrrole nitrogens is 1. The summed E-state index contributed by atoms with van der Waals surface area (Å²) in [7, 11) is 0. The molecule has 1 amide bonds. The molecule has 7 nitrogen and oxygen atoms in total. The van der Waals surface area contributed by atoms with E-state index < -0.39 is 11.2 Å². The van der Waals surface area contributed by atoms with E-state index in [-0.39, 0.29) is 24.0 Å². The molecule has 0 unspecified atom stereocenters. The summed E-state index contributed by atoms with van der Waals surface area (Å²) in [6, 6.07) is 9.43. The van der Waals surface area contributed by atoms with Crippen LogP contribution in [0.5, 0.6) is 0 Å². The fraction of sp³-hybridized carbons (Fsp3) is 0.522. The maximum atomic E-state index is 13.3. The summed E-state index contributed by atoms with van der Waals surface area (Å²) < 4.78 is 1.33. The fourth-order valence-electron chi connectivity index (χ4n) is 5.31. The number of anilines is 2. The molecule has 2 aromatic rings. The van der Waals surface area contributed by atoms with Crippen molar-refractivity contribution in [2.24, 2.45) is 17.8 Å². The molecule has 30 heavy (non-hydrogen) atoms. The normalized spacial score (nSPS) is 22.4. The fourth-order valence-corrected chi connectivity index (χ4v) is 5.31. The second-order valence-electron chi connectivity index (χ2n) is 8.75. The first-order valence-electron chi connectivity index (χ1n) is 10.9. The van der Waals surface area contributed by atoms with Gasteiger partial charge in [0.1, 0.15) is 5.82 Å². The third-order valence-corrected chi connectivity index (χ3v) is 6.74. The summed E-state index contributed by atoms with van der Waals surface area (Å²) >= 11 is 0. The van der Waals surface area contributed by atoms with Crippen LogP contribution in [0.2, 0.25) is 0 Å². The molecule has 2 bridgehead atoms.